The standard InChI is InChI=1S/C25H20F2N4O2/c1-33-22-11-17(16-8-18(26)12-19(27)9-16)10-21-23(22)29-24(15-4-2-6-28-13-15)30-25(21)31-7-3-5-20(32)14-31/h2,4,6,8-13H,3,5,7,14H2,1H3. The van der Waals surface area contributed by atoms with Crippen LogP contribution < -0.4 is 9.64 Å². The summed E-state index contributed by atoms with van der Waals surface area (Å²) < 4.78 is 33.5. The Hall–Kier alpha value is -3.94. The van der Waals surface area contributed by atoms with Crippen molar-refractivity contribution in [1.82, 2.24) is 15.0 Å². The van der Waals surface area contributed by atoms with Gasteiger partial charge in [0, 0.05) is 42.4 Å². The number of Topliss-reactive ketones (excluding diaryl/α,β-unsaturated/α-hetero) is 1. The molecule has 2 aromatic carbocycles. The summed E-state index contributed by atoms with van der Waals surface area (Å²) in [5.74, 6) is 0.245. The van der Waals surface area contributed by atoms with Crippen molar-refractivity contribution in [1.29, 1.82) is 0 Å². The fourth-order valence-electron chi connectivity index (χ4n) is 4.11. The van der Waals surface area contributed by atoms with Gasteiger partial charge in [0.05, 0.1) is 13.7 Å². The summed E-state index contributed by atoms with van der Waals surface area (Å²) >= 11 is 0. The van der Waals surface area contributed by atoms with Crippen LogP contribution in [0.3, 0.4) is 0 Å². The van der Waals surface area contributed by atoms with Crippen LogP contribution in [0.5, 0.6) is 5.75 Å². The number of nitrogens with zero attached hydrogens (tertiary/aromatic N) is 4. The van der Waals surface area contributed by atoms with E-state index in [1.165, 1.54) is 19.2 Å². The summed E-state index contributed by atoms with van der Waals surface area (Å²) in [4.78, 5) is 27.8. The summed E-state index contributed by atoms with van der Waals surface area (Å²) in [6.45, 7) is 0.894. The minimum absolute atomic E-state index is 0.131. The van der Waals surface area contributed by atoms with Crippen LogP contribution in [0.15, 0.2) is 54.9 Å². The second kappa shape index (κ2) is 8.54. The van der Waals surface area contributed by atoms with Crippen molar-refractivity contribution in [3.05, 3.63) is 66.5 Å². The minimum atomic E-state index is -0.672. The SMILES string of the molecule is COc1cc(-c2cc(F)cc(F)c2)cc2c(N3CCCC(=O)C3)nc(-c3cccnc3)nc12. The molecule has 0 radical (unpaired) electrons. The van der Waals surface area contributed by atoms with Crippen LogP contribution in [0.25, 0.3) is 33.4 Å². The number of piperidine rings is 1. The van der Waals surface area contributed by atoms with E-state index >= 15 is 0 Å². The van der Waals surface area contributed by atoms with Crippen molar-refractivity contribution < 1.29 is 18.3 Å². The fraction of sp³-hybridized carbons (Fsp3) is 0.200. The zero-order chi connectivity index (χ0) is 22.9. The summed E-state index contributed by atoms with van der Waals surface area (Å²) in [5, 5.41) is 0.636. The van der Waals surface area contributed by atoms with E-state index in [1.54, 1.807) is 30.6 Å². The number of hydrogen-bond donors (Lipinski definition) is 0. The average molecular weight is 446 g/mol. The van der Waals surface area contributed by atoms with Gasteiger partial charge in [0.1, 0.15) is 28.7 Å². The zero-order valence-corrected chi connectivity index (χ0v) is 17.9. The van der Waals surface area contributed by atoms with Crippen molar-refractivity contribution >= 4 is 22.5 Å². The minimum Gasteiger partial charge on any atom is -0.494 e. The molecule has 0 spiro atoms. The summed E-state index contributed by atoms with van der Waals surface area (Å²) in [6, 6.07) is 10.5. The molecule has 0 aliphatic carbocycles. The number of fused-ring (bicyclic) bond motifs is 1. The van der Waals surface area contributed by atoms with Gasteiger partial charge in [0.15, 0.2) is 11.6 Å². The lowest BCUT2D eigenvalue weighted by Crippen LogP contribution is -2.36. The number of ether oxygens (including phenoxy) is 1. The quantitative estimate of drug-likeness (QED) is 0.448. The van der Waals surface area contributed by atoms with Gasteiger partial charge in [-0.1, -0.05) is 0 Å². The molecule has 6 nitrogen and oxygen atoms in total. The maximum atomic E-state index is 13.9. The van der Waals surface area contributed by atoms with Crippen molar-refractivity contribution in [3.63, 3.8) is 0 Å². The average Bonchev–Trinajstić information content (AvgIpc) is 2.82. The van der Waals surface area contributed by atoms with Crippen molar-refractivity contribution in [2.75, 3.05) is 25.1 Å². The normalized spacial score (nSPS) is 14.0. The molecular formula is C25H20F2N4O2. The number of carbonyl (C=O) groups is 1. The summed E-state index contributed by atoms with van der Waals surface area (Å²) in [5.41, 5.74) is 2.19. The Morgan fingerprint density at radius 3 is 2.48 bits per heavy atom. The van der Waals surface area contributed by atoms with Crippen LogP contribution in [0.4, 0.5) is 14.6 Å². The molecule has 4 aromatic rings. The molecule has 8 heteroatoms. The molecule has 0 unspecified atom stereocenters. The smallest absolute Gasteiger partial charge is 0.163 e. The number of benzene rings is 2. The second-order valence-electron chi connectivity index (χ2n) is 7.91. The highest BCUT2D eigenvalue weighted by atomic mass is 19.1. The molecule has 0 N–H and O–H groups in total. The first-order chi connectivity index (χ1) is 16.0. The number of halogens is 2. The highest BCUT2D eigenvalue weighted by molar-refractivity contribution is 5.99. The van der Waals surface area contributed by atoms with Gasteiger partial charge in [-0.25, -0.2) is 18.7 Å². The Balaban J connectivity index is 1.78. The Morgan fingerprint density at radius 2 is 1.79 bits per heavy atom. The molecule has 0 saturated carbocycles. The van der Waals surface area contributed by atoms with E-state index in [1.807, 2.05) is 11.0 Å². The first-order valence-electron chi connectivity index (χ1n) is 10.5. The largest absolute Gasteiger partial charge is 0.494 e. The van der Waals surface area contributed by atoms with E-state index in [9.17, 15) is 13.6 Å². The van der Waals surface area contributed by atoms with Crippen molar-refractivity contribution in [2.24, 2.45) is 0 Å². The number of carbonyl (C=O) groups excluding carboxylic acids is 1. The third kappa shape index (κ3) is 4.11. The molecule has 1 aliphatic rings. The third-order valence-corrected chi connectivity index (χ3v) is 5.63. The highest BCUT2D eigenvalue weighted by Gasteiger charge is 2.23. The van der Waals surface area contributed by atoms with Gasteiger partial charge in [-0.05, 0) is 53.9 Å². The molecule has 2 aromatic heterocycles. The number of rotatable bonds is 4. The molecule has 0 amide bonds. The third-order valence-electron chi connectivity index (χ3n) is 5.63. The predicted octanol–water partition coefficient (Wildman–Crippen LogP) is 4.81. The number of methoxy groups -OCH3 is 1. The number of aromatic nitrogens is 3. The first kappa shape index (κ1) is 20.9. The molecule has 1 saturated heterocycles. The molecule has 1 aliphatic heterocycles. The number of hydrogen-bond acceptors (Lipinski definition) is 6. The van der Waals surface area contributed by atoms with Gasteiger partial charge in [-0.2, -0.15) is 0 Å². The summed E-state index contributed by atoms with van der Waals surface area (Å²) in [6.07, 6.45) is 4.59. The molecule has 5 rings (SSSR count). The van der Waals surface area contributed by atoms with E-state index in [0.717, 1.165) is 18.1 Å². The Kier molecular flexibility index (Phi) is 5.42. The zero-order valence-electron chi connectivity index (χ0n) is 17.9. The van der Waals surface area contributed by atoms with Gasteiger partial charge < -0.3 is 9.64 Å². The maximum absolute atomic E-state index is 13.9. The number of ketones is 1. The van der Waals surface area contributed by atoms with E-state index in [2.05, 4.69) is 4.98 Å². The van der Waals surface area contributed by atoms with Gasteiger partial charge >= 0.3 is 0 Å². The Morgan fingerprint density at radius 1 is 1.00 bits per heavy atom. The Labute approximate surface area is 188 Å². The molecule has 166 valence electrons. The molecule has 0 atom stereocenters. The first-order valence-corrected chi connectivity index (χ1v) is 10.5. The lowest BCUT2D eigenvalue weighted by atomic mass is 10.0. The topological polar surface area (TPSA) is 68.2 Å². The van der Waals surface area contributed by atoms with E-state index < -0.39 is 11.6 Å². The Bertz CT molecular complexity index is 1340. The second-order valence-corrected chi connectivity index (χ2v) is 7.91. The molecule has 3 heterocycles. The van der Waals surface area contributed by atoms with Crippen LogP contribution in [0, 0.1) is 11.6 Å². The van der Waals surface area contributed by atoms with Crippen LogP contribution in [0.2, 0.25) is 0 Å². The predicted molar refractivity (Wildman–Crippen MR) is 121 cm³/mol. The van der Waals surface area contributed by atoms with E-state index in [4.69, 9.17) is 14.7 Å². The number of anilines is 1. The van der Waals surface area contributed by atoms with Gasteiger partial charge in [-0.3, -0.25) is 9.78 Å². The van der Waals surface area contributed by atoms with Crippen molar-refractivity contribution in [2.45, 2.75) is 12.8 Å². The van der Waals surface area contributed by atoms with Crippen LogP contribution >= 0.6 is 0 Å². The van der Waals surface area contributed by atoms with Gasteiger partial charge in [-0.15, -0.1) is 0 Å². The highest BCUT2D eigenvalue weighted by Crippen LogP contribution is 2.38. The number of pyridine rings is 1. The van der Waals surface area contributed by atoms with Gasteiger partial charge in [0.2, 0.25) is 0 Å². The molecule has 1 fully saturated rings. The van der Waals surface area contributed by atoms with Crippen LogP contribution in [-0.4, -0.2) is 40.9 Å². The van der Waals surface area contributed by atoms with E-state index in [0.29, 0.717) is 52.4 Å². The van der Waals surface area contributed by atoms with Gasteiger partial charge in [0.25, 0.3) is 0 Å². The monoisotopic (exact) mass is 446 g/mol. The fourth-order valence-corrected chi connectivity index (χ4v) is 4.11. The van der Waals surface area contributed by atoms with Crippen LogP contribution in [0.1, 0.15) is 12.8 Å². The van der Waals surface area contributed by atoms with Crippen LogP contribution in [-0.2, 0) is 4.79 Å². The van der Waals surface area contributed by atoms with Crippen molar-refractivity contribution in [3.8, 4) is 28.3 Å². The lowest BCUT2D eigenvalue weighted by Gasteiger charge is -2.28. The maximum Gasteiger partial charge on any atom is 0.163 e. The molecule has 0 bridgehead atoms. The summed E-state index contributed by atoms with van der Waals surface area (Å²) in [7, 11) is 1.51. The van der Waals surface area contributed by atoms with E-state index in [-0.39, 0.29) is 12.3 Å². The molecular weight excluding hydrogens is 426 g/mol. The molecule has 33 heavy (non-hydrogen) atoms. The lowest BCUT2D eigenvalue weighted by molar-refractivity contribution is -0.118.